The molecule has 174 valence electrons. The van der Waals surface area contributed by atoms with Crippen molar-refractivity contribution >= 4 is 33.6 Å². The molecule has 1 aromatic rings. The normalized spacial score (nSPS) is 14.6. The van der Waals surface area contributed by atoms with Crippen molar-refractivity contribution in [2.24, 2.45) is 0 Å². The van der Waals surface area contributed by atoms with Crippen molar-refractivity contribution in [2.45, 2.75) is 55.5 Å². The number of thioether (sulfide) groups is 2. The van der Waals surface area contributed by atoms with Crippen LogP contribution in [0.15, 0.2) is 23.1 Å². The minimum atomic E-state index is -4.54. The van der Waals surface area contributed by atoms with E-state index in [2.05, 4.69) is 21.1 Å². The lowest BCUT2D eigenvalue weighted by Crippen LogP contribution is -2.41. The fourth-order valence-corrected chi connectivity index (χ4v) is 5.92. The van der Waals surface area contributed by atoms with Gasteiger partial charge in [-0.25, -0.2) is 8.42 Å². The molecule has 0 aliphatic rings. The number of benzene rings is 1. The predicted molar refractivity (Wildman–Crippen MR) is 126 cm³/mol. The standard InChI is InChI=1S/C21H37NO5S3/c1-17-9-10-20(30(25,26)27)18(14-17)15-21(24)29-13-12-28-11-7-5-6-8-19(23)16-22(2,3)4/h9-10,14,19,21,23-24H,5-8,11-13,15-16H2,1-4H3. The molecule has 2 N–H and O–H groups in total. The van der Waals surface area contributed by atoms with E-state index in [0.717, 1.165) is 59.5 Å². The molecule has 9 heteroatoms. The van der Waals surface area contributed by atoms with E-state index in [9.17, 15) is 23.2 Å². The van der Waals surface area contributed by atoms with Gasteiger partial charge in [0.15, 0.2) is 0 Å². The van der Waals surface area contributed by atoms with E-state index in [4.69, 9.17) is 0 Å². The monoisotopic (exact) mass is 479 g/mol. The number of rotatable bonds is 15. The van der Waals surface area contributed by atoms with Gasteiger partial charge in [-0.15, -0.1) is 11.8 Å². The highest BCUT2D eigenvalue weighted by molar-refractivity contribution is 8.03. The molecule has 0 aliphatic carbocycles. The van der Waals surface area contributed by atoms with Gasteiger partial charge in [0, 0.05) is 17.9 Å². The van der Waals surface area contributed by atoms with Gasteiger partial charge in [0.2, 0.25) is 0 Å². The number of likely N-dealkylation sites (N-methyl/N-ethyl adjacent to an activating group) is 1. The lowest BCUT2D eigenvalue weighted by molar-refractivity contribution is -0.873. The number of quaternary nitrogens is 1. The molecular formula is C21H37NO5S3. The van der Waals surface area contributed by atoms with Gasteiger partial charge in [0.05, 0.1) is 26.0 Å². The molecule has 1 rings (SSSR count). The Bertz CT molecular complexity index is 735. The molecule has 2 unspecified atom stereocenters. The van der Waals surface area contributed by atoms with Crippen LogP contribution in [0.4, 0.5) is 0 Å². The molecule has 30 heavy (non-hydrogen) atoms. The zero-order valence-corrected chi connectivity index (χ0v) is 21.0. The summed E-state index contributed by atoms with van der Waals surface area (Å²) in [6.45, 7) is 2.60. The third kappa shape index (κ3) is 12.5. The summed E-state index contributed by atoms with van der Waals surface area (Å²) in [5.74, 6) is 2.73. The number of hydrogen-bond donors (Lipinski definition) is 2. The first kappa shape index (κ1) is 27.7. The molecule has 0 aliphatic heterocycles. The highest BCUT2D eigenvalue weighted by Gasteiger charge is 2.15. The zero-order chi connectivity index (χ0) is 22.8. The van der Waals surface area contributed by atoms with Crippen LogP contribution in [0.5, 0.6) is 0 Å². The van der Waals surface area contributed by atoms with Crippen LogP contribution in [0.2, 0.25) is 0 Å². The van der Waals surface area contributed by atoms with Crippen molar-refractivity contribution in [3.8, 4) is 0 Å². The topological polar surface area (TPSA) is 97.7 Å². The van der Waals surface area contributed by atoms with Crippen molar-refractivity contribution in [2.75, 3.05) is 44.9 Å². The third-order valence-corrected chi connectivity index (χ3v) is 7.76. The molecule has 0 bridgehead atoms. The van der Waals surface area contributed by atoms with E-state index in [0.29, 0.717) is 5.56 Å². The maximum absolute atomic E-state index is 11.4. The van der Waals surface area contributed by atoms with Crippen LogP contribution in [0.3, 0.4) is 0 Å². The first-order valence-electron chi connectivity index (χ1n) is 10.3. The Balaban J connectivity index is 2.18. The average Bonchev–Trinajstić information content (AvgIpc) is 2.57. The Morgan fingerprint density at radius 2 is 1.77 bits per heavy atom. The first-order chi connectivity index (χ1) is 13.9. The second-order valence-corrected chi connectivity index (χ2v) is 12.5. The summed E-state index contributed by atoms with van der Waals surface area (Å²) in [6, 6.07) is 4.57. The molecular weight excluding hydrogens is 442 g/mol. The van der Waals surface area contributed by atoms with Crippen molar-refractivity contribution < 1.29 is 27.7 Å². The summed E-state index contributed by atoms with van der Waals surface area (Å²) in [6.07, 6.45) is 4.02. The van der Waals surface area contributed by atoms with E-state index in [1.165, 1.54) is 17.8 Å². The number of aliphatic hydroxyl groups excluding tert-OH is 2. The minimum absolute atomic E-state index is 0.142. The van der Waals surface area contributed by atoms with Gasteiger partial charge >= 0.3 is 0 Å². The maximum Gasteiger partial charge on any atom is 0.124 e. The molecule has 1 aromatic carbocycles. The van der Waals surface area contributed by atoms with Gasteiger partial charge in [0.25, 0.3) is 0 Å². The number of aliphatic hydroxyl groups is 2. The smallest absolute Gasteiger partial charge is 0.124 e. The van der Waals surface area contributed by atoms with Gasteiger partial charge in [-0.1, -0.05) is 30.5 Å². The van der Waals surface area contributed by atoms with E-state index < -0.39 is 15.6 Å². The maximum atomic E-state index is 11.4. The summed E-state index contributed by atoms with van der Waals surface area (Å²) in [7, 11) is 1.71. The van der Waals surface area contributed by atoms with Crippen LogP contribution in [-0.4, -0.2) is 84.2 Å². The van der Waals surface area contributed by atoms with Crippen LogP contribution >= 0.6 is 23.5 Å². The number of hydrogen-bond acceptors (Lipinski definition) is 7. The SMILES string of the molecule is Cc1ccc(S(=O)(=O)[O-])c(CC(O)SCCSCCCCCC(O)C[N+](C)(C)C)c1. The van der Waals surface area contributed by atoms with Gasteiger partial charge in [-0.2, -0.15) is 11.8 Å². The van der Waals surface area contributed by atoms with E-state index >= 15 is 0 Å². The predicted octanol–water partition coefficient (Wildman–Crippen LogP) is 2.85. The Morgan fingerprint density at radius 1 is 1.07 bits per heavy atom. The van der Waals surface area contributed by atoms with Crippen molar-refractivity contribution in [3.63, 3.8) is 0 Å². The highest BCUT2D eigenvalue weighted by Crippen LogP contribution is 2.23. The summed E-state index contributed by atoms with van der Waals surface area (Å²) in [5, 5.41) is 20.2. The minimum Gasteiger partial charge on any atom is -0.744 e. The Morgan fingerprint density at radius 3 is 2.40 bits per heavy atom. The molecule has 0 fully saturated rings. The largest absolute Gasteiger partial charge is 0.744 e. The molecule has 0 heterocycles. The lowest BCUT2D eigenvalue weighted by atomic mass is 10.1. The molecule has 6 nitrogen and oxygen atoms in total. The van der Waals surface area contributed by atoms with Crippen LogP contribution in [0, 0.1) is 6.92 Å². The Hall–Kier alpha value is -0.290. The Kier molecular flexibility index (Phi) is 12.3. The van der Waals surface area contributed by atoms with Crippen LogP contribution in [-0.2, 0) is 16.5 Å². The molecule has 0 spiro atoms. The Labute approximate surface area is 190 Å². The highest BCUT2D eigenvalue weighted by atomic mass is 32.2. The zero-order valence-electron chi connectivity index (χ0n) is 18.5. The van der Waals surface area contributed by atoms with E-state index in [1.54, 1.807) is 12.1 Å². The number of aryl methyl sites for hydroxylation is 1. The second kappa shape index (κ2) is 13.3. The average molecular weight is 480 g/mol. The molecule has 0 amide bonds. The van der Waals surface area contributed by atoms with E-state index in [1.807, 2.05) is 18.7 Å². The van der Waals surface area contributed by atoms with Crippen LogP contribution in [0.25, 0.3) is 0 Å². The molecule has 0 radical (unpaired) electrons. The van der Waals surface area contributed by atoms with Gasteiger partial charge < -0.3 is 19.2 Å². The van der Waals surface area contributed by atoms with Crippen LogP contribution < -0.4 is 0 Å². The fourth-order valence-electron chi connectivity index (χ4n) is 3.19. The van der Waals surface area contributed by atoms with Crippen molar-refractivity contribution in [1.29, 1.82) is 0 Å². The van der Waals surface area contributed by atoms with Gasteiger partial charge in [-0.05, 0) is 37.1 Å². The molecule has 0 aromatic heterocycles. The molecule has 0 saturated carbocycles. The van der Waals surface area contributed by atoms with Gasteiger partial charge in [-0.3, -0.25) is 0 Å². The molecule has 0 saturated heterocycles. The van der Waals surface area contributed by atoms with E-state index in [-0.39, 0.29) is 17.4 Å². The van der Waals surface area contributed by atoms with Crippen LogP contribution in [0.1, 0.15) is 36.8 Å². The number of unbranched alkanes of at least 4 members (excludes halogenated alkanes) is 2. The van der Waals surface area contributed by atoms with Gasteiger partial charge in [0.1, 0.15) is 28.2 Å². The number of nitrogens with zero attached hydrogens (tertiary/aromatic N) is 1. The summed E-state index contributed by atoms with van der Waals surface area (Å²) in [4.78, 5) is -0.242. The quantitative estimate of drug-likeness (QED) is 0.173. The summed E-state index contributed by atoms with van der Waals surface area (Å²) < 4.78 is 34.9. The summed E-state index contributed by atoms with van der Waals surface area (Å²) in [5.41, 5.74) is 0.496. The lowest BCUT2D eigenvalue weighted by Gasteiger charge is -2.26. The fraction of sp³-hybridized carbons (Fsp3) is 0.714. The van der Waals surface area contributed by atoms with Crippen molar-refractivity contribution in [1.82, 2.24) is 0 Å². The first-order valence-corrected chi connectivity index (χ1v) is 13.9. The van der Waals surface area contributed by atoms with Crippen molar-refractivity contribution in [3.05, 3.63) is 29.3 Å². The summed E-state index contributed by atoms with van der Waals surface area (Å²) >= 11 is 3.21. The second-order valence-electron chi connectivity index (χ2n) is 8.68. The third-order valence-electron chi connectivity index (χ3n) is 4.50. The molecule has 2 atom stereocenters.